The summed E-state index contributed by atoms with van der Waals surface area (Å²) in [6.07, 6.45) is 5.44. The minimum Gasteiger partial charge on any atom is -0.352 e. The van der Waals surface area contributed by atoms with Gasteiger partial charge in [0, 0.05) is 32.2 Å². The van der Waals surface area contributed by atoms with E-state index in [4.69, 9.17) is 0 Å². The normalized spacial score (nSPS) is 29.7. The molecule has 142 valence electrons. The molecule has 6 heteroatoms. The van der Waals surface area contributed by atoms with Crippen LogP contribution in [0.3, 0.4) is 0 Å². The standard InChI is InChI=1S/C20H29N3O2S/c1-14(17-12-15-4-5-16(17)11-15)21-19(24)13-22-6-8-23(9-7-22)20(25)18-3-2-10-26-18/h2-3,10,14-17H,4-9,11-13H2,1H3,(H,21,24). The molecule has 0 spiro atoms. The van der Waals surface area contributed by atoms with E-state index in [1.165, 1.54) is 37.0 Å². The Morgan fingerprint density at radius 3 is 2.65 bits per heavy atom. The minimum atomic E-state index is 0.119. The van der Waals surface area contributed by atoms with Crippen LogP contribution in [0, 0.1) is 17.8 Å². The molecule has 0 radical (unpaired) electrons. The number of fused-ring (bicyclic) bond motifs is 2. The maximum absolute atomic E-state index is 12.5. The second-order valence-electron chi connectivity index (χ2n) is 8.24. The summed E-state index contributed by atoms with van der Waals surface area (Å²) in [7, 11) is 0. The molecule has 2 amide bonds. The third-order valence-electron chi connectivity index (χ3n) is 6.58. The molecule has 2 aliphatic carbocycles. The molecule has 1 aliphatic heterocycles. The van der Waals surface area contributed by atoms with Crippen molar-refractivity contribution < 1.29 is 9.59 Å². The molecule has 5 nitrogen and oxygen atoms in total. The second-order valence-corrected chi connectivity index (χ2v) is 9.19. The Hall–Kier alpha value is -1.40. The van der Waals surface area contributed by atoms with Crippen molar-refractivity contribution in [2.45, 2.75) is 38.6 Å². The molecule has 4 rings (SSSR count). The molecule has 4 atom stereocenters. The summed E-state index contributed by atoms with van der Waals surface area (Å²) in [5.41, 5.74) is 0. The highest BCUT2D eigenvalue weighted by Crippen LogP contribution is 2.49. The lowest BCUT2D eigenvalue weighted by Crippen LogP contribution is -2.52. The first-order valence-corrected chi connectivity index (χ1v) is 10.8. The van der Waals surface area contributed by atoms with Gasteiger partial charge in [0.05, 0.1) is 11.4 Å². The van der Waals surface area contributed by atoms with E-state index < -0.39 is 0 Å². The summed E-state index contributed by atoms with van der Waals surface area (Å²) in [4.78, 5) is 29.7. The number of carbonyl (C=O) groups excluding carboxylic acids is 2. The van der Waals surface area contributed by atoms with Crippen molar-refractivity contribution in [3.8, 4) is 0 Å². The van der Waals surface area contributed by atoms with Gasteiger partial charge in [-0.1, -0.05) is 12.5 Å². The van der Waals surface area contributed by atoms with Gasteiger partial charge in [0.2, 0.25) is 5.91 Å². The lowest BCUT2D eigenvalue weighted by molar-refractivity contribution is -0.123. The van der Waals surface area contributed by atoms with E-state index in [9.17, 15) is 9.59 Å². The smallest absolute Gasteiger partial charge is 0.264 e. The number of nitrogens with one attached hydrogen (secondary N) is 1. The third-order valence-corrected chi connectivity index (χ3v) is 7.44. The molecule has 2 bridgehead atoms. The molecule has 1 N–H and O–H groups in total. The van der Waals surface area contributed by atoms with Gasteiger partial charge in [-0.2, -0.15) is 0 Å². The minimum absolute atomic E-state index is 0.119. The molecule has 0 aromatic carbocycles. The van der Waals surface area contributed by atoms with Crippen LogP contribution in [0.1, 0.15) is 42.3 Å². The van der Waals surface area contributed by atoms with E-state index in [0.717, 1.165) is 29.8 Å². The predicted octanol–water partition coefficient (Wildman–Crippen LogP) is 2.45. The Morgan fingerprint density at radius 2 is 2.04 bits per heavy atom. The highest BCUT2D eigenvalue weighted by Gasteiger charge is 2.42. The number of carbonyl (C=O) groups is 2. The molecule has 4 unspecified atom stereocenters. The maximum atomic E-state index is 12.5. The molecule has 1 aromatic heterocycles. The van der Waals surface area contributed by atoms with E-state index >= 15 is 0 Å². The van der Waals surface area contributed by atoms with Crippen LogP contribution in [0.25, 0.3) is 0 Å². The van der Waals surface area contributed by atoms with Crippen molar-refractivity contribution in [3.05, 3.63) is 22.4 Å². The first-order chi connectivity index (χ1) is 12.6. The number of piperazine rings is 1. The van der Waals surface area contributed by atoms with Crippen molar-refractivity contribution in [2.75, 3.05) is 32.7 Å². The summed E-state index contributed by atoms with van der Waals surface area (Å²) in [5.74, 6) is 2.69. The fraction of sp³-hybridized carbons (Fsp3) is 0.700. The molecule has 2 saturated carbocycles. The Kier molecular flexibility index (Phi) is 5.32. The zero-order valence-corrected chi connectivity index (χ0v) is 16.3. The van der Waals surface area contributed by atoms with E-state index in [1.807, 2.05) is 22.4 Å². The molecule has 26 heavy (non-hydrogen) atoms. The van der Waals surface area contributed by atoms with E-state index in [0.29, 0.717) is 31.6 Å². The summed E-state index contributed by atoms with van der Waals surface area (Å²) < 4.78 is 0. The molecular weight excluding hydrogens is 346 g/mol. The zero-order chi connectivity index (χ0) is 18.1. The SMILES string of the molecule is CC(NC(=O)CN1CCN(C(=O)c2cccs2)CC1)C1CC2CCC1C2. The van der Waals surface area contributed by atoms with Gasteiger partial charge in [0.1, 0.15) is 0 Å². The lowest BCUT2D eigenvalue weighted by atomic mass is 9.84. The van der Waals surface area contributed by atoms with Gasteiger partial charge < -0.3 is 10.2 Å². The average molecular weight is 376 g/mol. The zero-order valence-electron chi connectivity index (χ0n) is 15.5. The topological polar surface area (TPSA) is 52.7 Å². The van der Waals surface area contributed by atoms with Crippen LogP contribution in [0.15, 0.2) is 17.5 Å². The van der Waals surface area contributed by atoms with Gasteiger partial charge in [-0.15, -0.1) is 11.3 Å². The largest absolute Gasteiger partial charge is 0.352 e. The van der Waals surface area contributed by atoms with Crippen molar-refractivity contribution in [3.63, 3.8) is 0 Å². The highest BCUT2D eigenvalue weighted by atomic mass is 32.1. The average Bonchev–Trinajstić information content (AvgIpc) is 3.39. The van der Waals surface area contributed by atoms with Gasteiger partial charge in [-0.3, -0.25) is 14.5 Å². The van der Waals surface area contributed by atoms with Gasteiger partial charge in [0.25, 0.3) is 5.91 Å². The number of rotatable bonds is 5. The van der Waals surface area contributed by atoms with Crippen molar-refractivity contribution in [1.29, 1.82) is 0 Å². The third kappa shape index (κ3) is 3.81. The van der Waals surface area contributed by atoms with Crippen LogP contribution in [-0.4, -0.2) is 60.4 Å². The summed E-state index contributed by atoms with van der Waals surface area (Å²) >= 11 is 1.49. The number of hydrogen-bond acceptors (Lipinski definition) is 4. The van der Waals surface area contributed by atoms with Gasteiger partial charge in [0.15, 0.2) is 0 Å². The molecule has 2 heterocycles. The van der Waals surface area contributed by atoms with E-state index in [1.54, 1.807) is 0 Å². The number of nitrogens with zero attached hydrogens (tertiary/aromatic N) is 2. The predicted molar refractivity (Wildman–Crippen MR) is 103 cm³/mol. The number of amides is 2. The summed E-state index contributed by atoms with van der Waals surface area (Å²) in [6.45, 7) is 5.57. The van der Waals surface area contributed by atoms with Crippen molar-refractivity contribution in [2.24, 2.45) is 17.8 Å². The van der Waals surface area contributed by atoms with Gasteiger partial charge in [-0.05, 0) is 55.4 Å². The molecule has 3 aliphatic rings. The Morgan fingerprint density at radius 1 is 1.23 bits per heavy atom. The highest BCUT2D eigenvalue weighted by molar-refractivity contribution is 7.12. The molecule has 1 aromatic rings. The fourth-order valence-corrected chi connectivity index (χ4v) is 5.87. The van der Waals surface area contributed by atoms with Crippen molar-refractivity contribution in [1.82, 2.24) is 15.1 Å². The lowest BCUT2D eigenvalue weighted by Gasteiger charge is -2.35. The maximum Gasteiger partial charge on any atom is 0.264 e. The Bertz CT molecular complexity index is 639. The van der Waals surface area contributed by atoms with Gasteiger partial charge >= 0.3 is 0 Å². The second kappa shape index (κ2) is 7.69. The first kappa shape index (κ1) is 18.0. The first-order valence-electron chi connectivity index (χ1n) is 9.94. The fourth-order valence-electron chi connectivity index (χ4n) is 5.18. The number of hydrogen-bond donors (Lipinski definition) is 1. The van der Waals surface area contributed by atoms with Crippen LogP contribution in [0.2, 0.25) is 0 Å². The summed E-state index contributed by atoms with van der Waals surface area (Å²) in [5, 5.41) is 5.19. The van der Waals surface area contributed by atoms with Crippen molar-refractivity contribution >= 4 is 23.2 Å². The van der Waals surface area contributed by atoms with Crippen LogP contribution in [0.5, 0.6) is 0 Å². The van der Waals surface area contributed by atoms with Crippen LogP contribution in [0.4, 0.5) is 0 Å². The van der Waals surface area contributed by atoms with E-state index in [-0.39, 0.29) is 11.8 Å². The number of thiophene rings is 1. The molecule has 3 fully saturated rings. The Labute approximate surface area is 159 Å². The molecule has 1 saturated heterocycles. The monoisotopic (exact) mass is 375 g/mol. The van der Waals surface area contributed by atoms with E-state index in [2.05, 4.69) is 17.1 Å². The summed E-state index contributed by atoms with van der Waals surface area (Å²) in [6, 6.07) is 4.08. The van der Waals surface area contributed by atoms with Crippen LogP contribution < -0.4 is 5.32 Å². The molecular formula is C20H29N3O2S. The van der Waals surface area contributed by atoms with Crippen LogP contribution >= 0.6 is 11.3 Å². The Balaban J connectivity index is 1.20. The van der Waals surface area contributed by atoms with Crippen LogP contribution in [-0.2, 0) is 4.79 Å². The quantitative estimate of drug-likeness (QED) is 0.860. The van der Waals surface area contributed by atoms with Gasteiger partial charge in [-0.25, -0.2) is 0 Å².